The zero-order valence-corrected chi connectivity index (χ0v) is 13.5. The highest BCUT2D eigenvalue weighted by atomic mass is 14.9. The first-order valence-electron chi connectivity index (χ1n) is 8.44. The number of benzene rings is 1. The first kappa shape index (κ1) is 15.6. The molecule has 1 aliphatic rings. The highest BCUT2D eigenvalue weighted by molar-refractivity contribution is 5.22. The Kier molecular flexibility index (Phi) is 6.09. The molecule has 1 aromatic rings. The standard InChI is InChI=1S/C19H31N/c1-15(2)13-17-8-10-18(11-9-17)14-20-19-6-4-5-16(3)7-12-19/h8-11,15-16,19-20H,4-7,12-14H2,1-3H3. The molecule has 2 atom stereocenters. The van der Waals surface area contributed by atoms with E-state index in [-0.39, 0.29) is 0 Å². The summed E-state index contributed by atoms with van der Waals surface area (Å²) in [7, 11) is 0. The summed E-state index contributed by atoms with van der Waals surface area (Å²) in [5.41, 5.74) is 2.89. The molecule has 0 radical (unpaired) electrons. The highest BCUT2D eigenvalue weighted by Crippen LogP contribution is 2.22. The van der Waals surface area contributed by atoms with E-state index in [1.807, 2.05) is 0 Å². The molecule has 1 nitrogen and oxygen atoms in total. The van der Waals surface area contributed by atoms with Crippen molar-refractivity contribution in [1.82, 2.24) is 5.32 Å². The van der Waals surface area contributed by atoms with Gasteiger partial charge in [0.15, 0.2) is 0 Å². The lowest BCUT2D eigenvalue weighted by molar-refractivity contribution is 0.447. The number of rotatable bonds is 5. The van der Waals surface area contributed by atoms with Crippen LogP contribution >= 0.6 is 0 Å². The van der Waals surface area contributed by atoms with E-state index in [0.29, 0.717) is 0 Å². The number of nitrogens with one attached hydrogen (secondary N) is 1. The quantitative estimate of drug-likeness (QED) is 0.749. The predicted molar refractivity (Wildman–Crippen MR) is 87.9 cm³/mol. The molecule has 20 heavy (non-hydrogen) atoms. The van der Waals surface area contributed by atoms with Gasteiger partial charge in [0.1, 0.15) is 0 Å². The van der Waals surface area contributed by atoms with Crippen LogP contribution < -0.4 is 5.32 Å². The molecule has 1 N–H and O–H groups in total. The van der Waals surface area contributed by atoms with E-state index in [1.54, 1.807) is 0 Å². The van der Waals surface area contributed by atoms with Crippen molar-refractivity contribution in [2.45, 2.75) is 71.9 Å². The van der Waals surface area contributed by atoms with Crippen molar-refractivity contribution in [2.24, 2.45) is 11.8 Å². The fraction of sp³-hybridized carbons (Fsp3) is 0.684. The third kappa shape index (κ3) is 5.28. The molecule has 2 rings (SSSR count). The summed E-state index contributed by atoms with van der Waals surface area (Å²) in [4.78, 5) is 0. The van der Waals surface area contributed by atoms with Gasteiger partial charge in [-0.25, -0.2) is 0 Å². The summed E-state index contributed by atoms with van der Waals surface area (Å²) >= 11 is 0. The van der Waals surface area contributed by atoms with Gasteiger partial charge < -0.3 is 5.32 Å². The normalized spacial score (nSPS) is 23.8. The second kappa shape index (κ2) is 7.83. The second-order valence-electron chi connectivity index (χ2n) is 7.11. The molecule has 1 fully saturated rings. The van der Waals surface area contributed by atoms with E-state index in [4.69, 9.17) is 0 Å². The predicted octanol–water partition coefficient (Wildman–Crippen LogP) is 4.94. The molecule has 0 bridgehead atoms. The van der Waals surface area contributed by atoms with Crippen LogP contribution in [0.1, 0.15) is 64.0 Å². The van der Waals surface area contributed by atoms with Crippen LogP contribution in [-0.4, -0.2) is 6.04 Å². The maximum absolute atomic E-state index is 3.76. The summed E-state index contributed by atoms with van der Waals surface area (Å²) in [6.45, 7) is 7.99. The van der Waals surface area contributed by atoms with Crippen LogP contribution in [0.15, 0.2) is 24.3 Å². The zero-order valence-electron chi connectivity index (χ0n) is 13.5. The van der Waals surface area contributed by atoms with Crippen LogP contribution in [0, 0.1) is 11.8 Å². The Morgan fingerprint density at radius 2 is 1.70 bits per heavy atom. The Labute approximate surface area is 125 Å². The number of hydrogen-bond donors (Lipinski definition) is 1. The van der Waals surface area contributed by atoms with Gasteiger partial charge in [-0.15, -0.1) is 0 Å². The average Bonchev–Trinajstić information content (AvgIpc) is 2.62. The molecule has 112 valence electrons. The molecule has 0 heterocycles. The minimum absolute atomic E-state index is 0.732. The minimum Gasteiger partial charge on any atom is -0.310 e. The molecule has 0 aromatic heterocycles. The maximum Gasteiger partial charge on any atom is 0.0208 e. The summed E-state index contributed by atoms with van der Waals surface area (Å²) in [6.07, 6.45) is 8.11. The van der Waals surface area contributed by atoms with Gasteiger partial charge in [-0.05, 0) is 48.6 Å². The monoisotopic (exact) mass is 273 g/mol. The molecule has 1 aromatic carbocycles. The molecule has 0 saturated heterocycles. The molecule has 0 amide bonds. The lowest BCUT2D eigenvalue weighted by Gasteiger charge is -2.16. The Morgan fingerprint density at radius 3 is 2.40 bits per heavy atom. The second-order valence-corrected chi connectivity index (χ2v) is 7.11. The SMILES string of the molecule is CC(C)Cc1ccc(CNC2CCCC(C)CC2)cc1. The zero-order chi connectivity index (χ0) is 14.4. The van der Waals surface area contributed by atoms with Crippen LogP contribution in [0.2, 0.25) is 0 Å². The van der Waals surface area contributed by atoms with Crippen molar-refractivity contribution >= 4 is 0 Å². The maximum atomic E-state index is 3.76. The van der Waals surface area contributed by atoms with Crippen molar-refractivity contribution in [1.29, 1.82) is 0 Å². The smallest absolute Gasteiger partial charge is 0.0208 e. The lowest BCUT2D eigenvalue weighted by Crippen LogP contribution is -2.27. The summed E-state index contributed by atoms with van der Waals surface area (Å²) in [5, 5.41) is 3.76. The largest absolute Gasteiger partial charge is 0.310 e. The summed E-state index contributed by atoms with van der Waals surface area (Å²) < 4.78 is 0. The Bertz CT molecular complexity index is 379. The Hall–Kier alpha value is -0.820. The van der Waals surface area contributed by atoms with Crippen LogP contribution in [0.25, 0.3) is 0 Å². The Balaban J connectivity index is 1.78. The molecular formula is C19H31N. The first-order valence-corrected chi connectivity index (χ1v) is 8.44. The molecular weight excluding hydrogens is 242 g/mol. The van der Waals surface area contributed by atoms with Crippen LogP contribution in [0.3, 0.4) is 0 Å². The van der Waals surface area contributed by atoms with Gasteiger partial charge in [-0.3, -0.25) is 0 Å². The van der Waals surface area contributed by atoms with Gasteiger partial charge in [0, 0.05) is 12.6 Å². The molecule has 1 saturated carbocycles. The molecule has 1 heteroatoms. The van der Waals surface area contributed by atoms with Gasteiger partial charge in [0.05, 0.1) is 0 Å². The highest BCUT2D eigenvalue weighted by Gasteiger charge is 2.15. The van der Waals surface area contributed by atoms with Crippen molar-refractivity contribution in [3.63, 3.8) is 0 Å². The van der Waals surface area contributed by atoms with Crippen LogP contribution in [0.4, 0.5) is 0 Å². The van der Waals surface area contributed by atoms with Gasteiger partial charge >= 0.3 is 0 Å². The van der Waals surface area contributed by atoms with Crippen molar-refractivity contribution in [3.05, 3.63) is 35.4 Å². The van der Waals surface area contributed by atoms with E-state index in [1.165, 1.54) is 49.7 Å². The van der Waals surface area contributed by atoms with Gasteiger partial charge in [-0.1, -0.05) is 57.9 Å². The minimum atomic E-state index is 0.732. The fourth-order valence-corrected chi connectivity index (χ4v) is 3.22. The third-order valence-electron chi connectivity index (χ3n) is 4.52. The number of hydrogen-bond acceptors (Lipinski definition) is 1. The van der Waals surface area contributed by atoms with Crippen molar-refractivity contribution in [2.75, 3.05) is 0 Å². The molecule has 0 aliphatic heterocycles. The van der Waals surface area contributed by atoms with Crippen molar-refractivity contribution < 1.29 is 0 Å². The lowest BCUT2D eigenvalue weighted by atomic mass is 10.0. The van der Waals surface area contributed by atoms with E-state index < -0.39 is 0 Å². The topological polar surface area (TPSA) is 12.0 Å². The molecule has 0 spiro atoms. The third-order valence-corrected chi connectivity index (χ3v) is 4.52. The van der Waals surface area contributed by atoms with E-state index in [2.05, 4.69) is 50.4 Å². The average molecular weight is 273 g/mol. The molecule has 2 unspecified atom stereocenters. The van der Waals surface area contributed by atoms with E-state index >= 15 is 0 Å². The first-order chi connectivity index (χ1) is 9.63. The van der Waals surface area contributed by atoms with Gasteiger partial charge in [-0.2, -0.15) is 0 Å². The van der Waals surface area contributed by atoms with Crippen LogP contribution in [-0.2, 0) is 13.0 Å². The summed E-state index contributed by atoms with van der Waals surface area (Å²) in [5.74, 6) is 1.67. The van der Waals surface area contributed by atoms with Crippen LogP contribution in [0.5, 0.6) is 0 Å². The fourth-order valence-electron chi connectivity index (χ4n) is 3.22. The van der Waals surface area contributed by atoms with E-state index in [0.717, 1.165) is 24.4 Å². The van der Waals surface area contributed by atoms with Gasteiger partial charge in [0.25, 0.3) is 0 Å². The summed E-state index contributed by atoms with van der Waals surface area (Å²) in [6, 6.07) is 9.92. The molecule has 1 aliphatic carbocycles. The van der Waals surface area contributed by atoms with Crippen molar-refractivity contribution in [3.8, 4) is 0 Å². The van der Waals surface area contributed by atoms with E-state index in [9.17, 15) is 0 Å². The van der Waals surface area contributed by atoms with Gasteiger partial charge in [0.2, 0.25) is 0 Å². The Morgan fingerprint density at radius 1 is 1.00 bits per heavy atom.